The maximum absolute atomic E-state index is 12.0. The number of anilines is 1. The third kappa shape index (κ3) is 6.49. The van der Waals surface area contributed by atoms with E-state index in [9.17, 15) is 4.79 Å². The Hall–Kier alpha value is -1.75. The largest absolute Gasteiger partial charge is 0.492 e. The Morgan fingerprint density at radius 2 is 1.67 bits per heavy atom. The number of benzene rings is 1. The Balaban J connectivity index is 2.58. The van der Waals surface area contributed by atoms with E-state index < -0.39 is 5.60 Å². The summed E-state index contributed by atoms with van der Waals surface area (Å²) in [5.41, 5.74) is 0.268. The van der Waals surface area contributed by atoms with Gasteiger partial charge in [0, 0.05) is 19.3 Å². The molecule has 5 nitrogen and oxygen atoms in total. The van der Waals surface area contributed by atoms with Crippen molar-refractivity contribution >= 4 is 11.8 Å². The van der Waals surface area contributed by atoms with Gasteiger partial charge in [-0.1, -0.05) is 0 Å². The molecule has 0 saturated heterocycles. The van der Waals surface area contributed by atoms with Crippen molar-refractivity contribution < 1.29 is 14.3 Å². The summed E-state index contributed by atoms with van der Waals surface area (Å²) >= 11 is 0. The van der Waals surface area contributed by atoms with Gasteiger partial charge in [0.15, 0.2) is 0 Å². The number of carbonyl (C=O) groups excluding carboxylic acids is 1. The lowest BCUT2D eigenvalue weighted by Gasteiger charge is -2.24. The van der Waals surface area contributed by atoms with Crippen LogP contribution in [0, 0.1) is 0 Å². The van der Waals surface area contributed by atoms with Crippen LogP contribution in [0.2, 0.25) is 0 Å². The van der Waals surface area contributed by atoms with Crippen LogP contribution in [0.3, 0.4) is 0 Å². The van der Waals surface area contributed by atoms with Crippen molar-refractivity contribution in [3.63, 3.8) is 0 Å². The Kier molecular flexibility index (Phi) is 6.03. The number of amides is 1. The Labute approximate surface area is 127 Å². The second-order valence-corrected chi connectivity index (χ2v) is 6.18. The molecule has 0 aliphatic carbocycles. The summed E-state index contributed by atoms with van der Waals surface area (Å²) < 4.78 is 10.9. The third-order valence-electron chi connectivity index (χ3n) is 2.70. The average molecular weight is 294 g/mol. The first-order valence-electron chi connectivity index (χ1n) is 7.03. The molecule has 0 aliphatic heterocycles. The second kappa shape index (κ2) is 7.31. The standard InChI is InChI=1S/C16H26N2O3/c1-16(2,3)21-15(19)18(6)13-7-9-14(10-8-13)20-12-11-17(4)5/h7-10H,11-12H2,1-6H3. The lowest BCUT2D eigenvalue weighted by Crippen LogP contribution is -2.34. The molecule has 1 amide bonds. The average Bonchev–Trinajstić information content (AvgIpc) is 2.36. The highest BCUT2D eigenvalue weighted by atomic mass is 16.6. The zero-order valence-corrected chi connectivity index (χ0v) is 13.8. The van der Waals surface area contributed by atoms with E-state index in [1.165, 1.54) is 4.90 Å². The molecule has 0 atom stereocenters. The number of rotatable bonds is 5. The monoisotopic (exact) mass is 294 g/mol. The molecule has 1 rings (SSSR count). The van der Waals surface area contributed by atoms with Gasteiger partial charge in [-0.25, -0.2) is 4.79 Å². The summed E-state index contributed by atoms with van der Waals surface area (Å²) in [5.74, 6) is 0.790. The van der Waals surface area contributed by atoms with E-state index in [1.54, 1.807) is 7.05 Å². The Morgan fingerprint density at radius 1 is 1.10 bits per heavy atom. The number of hydrogen-bond donors (Lipinski definition) is 0. The van der Waals surface area contributed by atoms with Crippen LogP contribution in [0.15, 0.2) is 24.3 Å². The van der Waals surface area contributed by atoms with Crippen LogP contribution < -0.4 is 9.64 Å². The van der Waals surface area contributed by atoms with Crippen LogP contribution in [0.1, 0.15) is 20.8 Å². The van der Waals surface area contributed by atoms with Crippen molar-refractivity contribution in [3.05, 3.63) is 24.3 Å². The Morgan fingerprint density at radius 3 is 2.14 bits per heavy atom. The van der Waals surface area contributed by atoms with Crippen molar-refractivity contribution in [1.82, 2.24) is 4.90 Å². The molecule has 0 unspecified atom stereocenters. The molecular formula is C16H26N2O3. The number of likely N-dealkylation sites (N-methyl/N-ethyl adjacent to an activating group) is 1. The van der Waals surface area contributed by atoms with Gasteiger partial charge >= 0.3 is 6.09 Å². The molecule has 0 bridgehead atoms. The van der Waals surface area contributed by atoms with Gasteiger partial charge in [0.2, 0.25) is 0 Å². The van der Waals surface area contributed by atoms with Gasteiger partial charge in [-0.15, -0.1) is 0 Å². The first-order chi connectivity index (χ1) is 9.69. The van der Waals surface area contributed by atoms with Crippen molar-refractivity contribution in [2.24, 2.45) is 0 Å². The van der Waals surface area contributed by atoms with Crippen LogP contribution in [0.4, 0.5) is 10.5 Å². The van der Waals surface area contributed by atoms with E-state index in [4.69, 9.17) is 9.47 Å². The van der Waals surface area contributed by atoms with E-state index in [0.717, 1.165) is 18.0 Å². The van der Waals surface area contributed by atoms with Crippen LogP contribution in [-0.4, -0.2) is 50.9 Å². The molecule has 5 heteroatoms. The predicted molar refractivity (Wildman–Crippen MR) is 85.1 cm³/mol. The van der Waals surface area contributed by atoms with E-state index in [2.05, 4.69) is 4.90 Å². The highest BCUT2D eigenvalue weighted by Crippen LogP contribution is 2.20. The zero-order valence-electron chi connectivity index (χ0n) is 13.8. The van der Waals surface area contributed by atoms with Crippen LogP contribution in [0.5, 0.6) is 5.75 Å². The normalized spacial score (nSPS) is 11.4. The number of ether oxygens (including phenoxy) is 2. The van der Waals surface area contributed by atoms with Crippen molar-refractivity contribution in [2.75, 3.05) is 39.2 Å². The fourth-order valence-corrected chi connectivity index (χ4v) is 1.55. The van der Waals surface area contributed by atoms with Crippen LogP contribution >= 0.6 is 0 Å². The number of hydrogen-bond acceptors (Lipinski definition) is 4. The van der Waals surface area contributed by atoms with E-state index in [1.807, 2.05) is 59.1 Å². The molecule has 1 aromatic rings. The van der Waals surface area contributed by atoms with Gasteiger partial charge in [-0.3, -0.25) is 4.90 Å². The highest BCUT2D eigenvalue weighted by molar-refractivity contribution is 5.87. The summed E-state index contributed by atoms with van der Waals surface area (Å²) in [5, 5.41) is 0. The van der Waals surface area contributed by atoms with Gasteiger partial charge in [0.1, 0.15) is 18.0 Å². The fourth-order valence-electron chi connectivity index (χ4n) is 1.55. The van der Waals surface area contributed by atoms with Gasteiger partial charge in [-0.05, 0) is 59.1 Å². The SMILES string of the molecule is CN(C)CCOc1ccc(N(C)C(=O)OC(C)(C)C)cc1. The van der Waals surface area contributed by atoms with E-state index in [-0.39, 0.29) is 6.09 Å². The minimum Gasteiger partial charge on any atom is -0.492 e. The first kappa shape index (κ1) is 17.3. The molecular weight excluding hydrogens is 268 g/mol. The quantitative estimate of drug-likeness (QED) is 0.837. The molecule has 0 saturated carbocycles. The molecule has 0 spiro atoms. The molecule has 0 heterocycles. The summed E-state index contributed by atoms with van der Waals surface area (Å²) in [4.78, 5) is 15.5. The summed E-state index contributed by atoms with van der Waals surface area (Å²) in [6, 6.07) is 7.39. The minimum atomic E-state index is -0.499. The van der Waals surface area contributed by atoms with Gasteiger partial charge in [-0.2, -0.15) is 0 Å². The molecule has 0 aromatic heterocycles. The lowest BCUT2D eigenvalue weighted by molar-refractivity contribution is 0.0589. The van der Waals surface area contributed by atoms with Gasteiger partial charge in [0.25, 0.3) is 0 Å². The lowest BCUT2D eigenvalue weighted by atomic mass is 10.2. The Bertz CT molecular complexity index is 450. The maximum Gasteiger partial charge on any atom is 0.414 e. The smallest absolute Gasteiger partial charge is 0.414 e. The maximum atomic E-state index is 12.0. The van der Waals surface area contributed by atoms with E-state index >= 15 is 0 Å². The van der Waals surface area contributed by atoms with Crippen molar-refractivity contribution in [3.8, 4) is 5.75 Å². The number of carbonyl (C=O) groups is 1. The first-order valence-corrected chi connectivity index (χ1v) is 7.03. The summed E-state index contributed by atoms with van der Waals surface area (Å²) in [7, 11) is 5.69. The second-order valence-electron chi connectivity index (χ2n) is 6.18. The topological polar surface area (TPSA) is 42.0 Å². The number of nitrogens with zero attached hydrogens (tertiary/aromatic N) is 2. The van der Waals surface area contributed by atoms with Gasteiger partial charge in [0.05, 0.1) is 0 Å². The van der Waals surface area contributed by atoms with Crippen molar-refractivity contribution in [1.29, 1.82) is 0 Å². The van der Waals surface area contributed by atoms with Crippen LogP contribution in [0.25, 0.3) is 0 Å². The molecule has 1 aromatic carbocycles. The van der Waals surface area contributed by atoms with Crippen molar-refractivity contribution in [2.45, 2.75) is 26.4 Å². The van der Waals surface area contributed by atoms with Crippen LogP contribution in [-0.2, 0) is 4.74 Å². The molecule has 0 aliphatic rings. The molecule has 0 radical (unpaired) electrons. The molecule has 0 N–H and O–H groups in total. The molecule has 118 valence electrons. The molecule has 0 fully saturated rings. The minimum absolute atomic E-state index is 0.372. The highest BCUT2D eigenvalue weighted by Gasteiger charge is 2.20. The van der Waals surface area contributed by atoms with E-state index in [0.29, 0.717) is 6.61 Å². The zero-order chi connectivity index (χ0) is 16.0. The van der Waals surface area contributed by atoms with Gasteiger partial charge < -0.3 is 14.4 Å². The molecule has 21 heavy (non-hydrogen) atoms. The summed E-state index contributed by atoms with van der Waals surface area (Å²) in [6.07, 6.45) is -0.372. The fraction of sp³-hybridized carbons (Fsp3) is 0.562. The third-order valence-corrected chi connectivity index (χ3v) is 2.70. The summed E-state index contributed by atoms with van der Waals surface area (Å²) in [6.45, 7) is 7.04. The predicted octanol–water partition coefficient (Wildman–Crippen LogP) is 3.00.